The Morgan fingerprint density at radius 2 is 2.00 bits per heavy atom. The molecule has 0 saturated carbocycles. The lowest BCUT2D eigenvalue weighted by Crippen LogP contribution is -2.34. The number of hydrogen-bond acceptors (Lipinski definition) is 3. The fraction of sp³-hybridized carbons (Fsp3) is 0.500. The van der Waals surface area contributed by atoms with Crippen molar-refractivity contribution in [2.45, 2.75) is 13.3 Å². The van der Waals surface area contributed by atoms with Gasteiger partial charge >= 0.3 is 0 Å². The van der Waals surface area contributed by atoms with Gasteiger partial charge in [0.2, 0.25) is 5.91 Å². The van der Waals surface area contributed by atoms with Gasteiger partial charge in [-0.05, 0) is 18.5 Å². The van der Waals surface area contributed by atoms with Crippen LogP contribution in [0.4, 0.5) is 0 Å². The summed E-state index contributed by atoms with van der Waals surface area (Å²) >= 11 is 0. The minimum atomic E-state index is -0.0547. The highest BCUT2D eigenvalue weighted by atomic mass is 16.5. The van der Waals surface area contributed by atoms with Crippen molar-refractivity contribution in [3.63, 3.8) is 0 Å². The van der Waals surface area contributed by atoms with E-state index >= 15 is 0 Å². The van der Waals surface area contributed by atoms with Crippen molar-refractivity contribution in [3.8, 4) is 0 Å². The third-order valence-corrected chi connectivity index (χ3v) is 2.49. The zero-order valence-corrected chi connectivity index (χ0v) is 10.9. The summed E-state index contributed by atoms with van der Waals surface area (Å²) in [6.07, 6.45) is 0.839. The average Bonchev–Trinajstić information content (AvgIpc) is 2.41. The van der Waals surface area contributed by atoms with E-state index in [0.717, 1.165) is 19.5 Å². The van der Waals surface area contributed by atoms with Crippen LogP contribution < -0.4 is 10.6 Å². The van der Waals surface area contributed by atoms with Crippen LogP contribution in [0.1, 0.15) is 12.5 Å². The predicted octanol–water partition coefficient (Wildman–Crippen LogP) is 0.971. The van der Waals surface area contributed by atoms with Crippen LogP contribution in [0.25, 0.3) is 0 Å². The Balaban J connectivity index is 1.99. The molecule has 0 unspecified atom stereocenters. The molecule has 4 nitrogen and oxygen atoms in total. The van der Waals surface area contributed by atoms with Crippen molar-refractivity contribution in [1.82, 2.24) is 10.6 Å². The minimum Gasteiger partial charge on any atom is -0.371 e. The fourth-order valence-corrected chi connectivity index (χ4v) is 1.52. The quantitative estimate of drug-likeness (QED) is 0.642. The monoisotopic (exact) mass is 250 g/mol. The first-order chi connectivity index (χ1) is 8.83. The fourth-order valence-electron chi connectivity index (χ4n) is 1.52. The lowest BCUT2D eigenvalue weighted by Gasteiger charge is -2.06. The molecule has 0 aromatic heterocycles. The second kappa shape index (κ2) is 9.62. The molecular weight excluding hydrogens is 228 g/mol. The summed E-state index contributed by atoms with van der Waals surface area (Å²) in [7, 11) is 0. The third-order valence-electron chi connectivity index (χ3n) is 2.49. The van der Waals surface area contributed by atoms with Crippen molar-refractivity contribution in [3.05, 3.63) is 35.9 Å². The molecule has 0 aliphatic rings. The molecule has 0 aliphatic carbocycles. The summed E-state index contributed by atoms with van der Waals surface area (Å²) in [5.74, 6) is -0.0547. The van der Waals surface area contributed by atoms with Crippen LogP contribution >= 0.6 is 0 Å². The molecule has 2 N–H and O–H groups in total. The smallest absolute Gasteiger partial charge is 0.246 e. The summed E-state index contributed by atoms with van der Waals surface area (Å²) < 4.78 is 5.32. The number of hydrogen-bond donors (Lipinski definition) is 2. The Morgan fingerprint density at radius 3 is 2.72 bits per heavy atom. The number of benzene rings is 1. The lowest BCUT2D eigenvalue weighted by molar-refractivity contribution is -0.125. The highest BCUT2D eigenvalue weighted by molar-refractivity contribution is 5.77. The molecule has 4 heteroatoms. The normalized spacial score (nSPS) is 10.3. The van der Waals surface area contributed by atoms with Crippen LogP contribution in [0.5, 0.6) is 0 Å². The van der Waals surface area contributed by atoms with E-state index in [4.69, 9.17) is 4.74 Å². The molecule has 0 heterocycles. The largest absolute Gasteiger partial charge is 0.371 e. The maximum Gasteiger partial charge on any atom is 0.246 e. The van der Waals surface area contributed by atoms with Crippen LogP contribution in [-0.2, 0) is 16.0 Å². The van der Waals surface area contributed by atoms with Gasteiger partial charge in [0.05, 0.1) is 6.61 Å². The number of rotatable bonds is 9. The average molecular weight is 250 g/mol. The number of amides is 1. The highest BCUT2D eigenvalue weighted by Crippen LogP contribution is 1.99. The molecule has 1 aromatic rings. The first-order valence-corrected chi connectivity index (χ1v) is 6.42. The van der Waals surface area contributed by atoms with Crippen LogP contribution in [0.2, 0.25) is 0 Å². The first kappa shape index (κ1) is 14.7. The van der Waals surface area contributed by atoms with E-state index in [0.29, 0.717) is 13.2 Å². The van der Waals surface area contributed by atoms with Gasteiger partial charge in [-0.3, -0.25) is 4.79 Å². The Bertz CT molecular complexity index is 328. The van der Waals surface area contributed by atoms with Gasteiger partial charge in [0.25, 0.3) is 0 Å². The van der Waals surface area contributed by atoms with Crippen molar-refractivity contribution < 1.29 is 9.53 Å². The molecule has 1 amide bonds. The number of carbonyl (C=O) groups is 1. The Hall–Kier alpha value is -1.39. The second-order valence-corrected chi connectivity index (χ2v) is 3.99. The standard InChI is InChI=1S/C14H22N2O2/c1-2-15-9-10-16-14(17)12-18-11-8-13-6-4-3-5-7-13/h3-7,15H,2,8-12H2,1H3,(H,16,17). The van der Waals surface area contributed by atoms with E-state index in [1.807, 2.05) is 25.1 Å². The highest BCUT2D eigenvalue weighted by Gasteiger charge is 2.00. The molecule has 0 spiro atoms. The Kier molecular flexibility index (Phi) is 7.84. The van der Waals surface area contributed by atoms with Crippen molar-refractivity contribution in [2.75, 3.05) is 32.8 Å². The SMILES string of the molecule is CCNCCNC(=O)COCCc1ccccc1. The van der Waals surface area contributed by atoms with Gasteiger partial charge in [-0.1, -0.05) is 37.3 Å². The van der Waals surface area contributed by atoms with Gasteiger partial charge in [-0.25, -0.2) is 0 Å². The summed E-state index contributed by atoms with van der Waals surface area (Å²) in [5.41, 5.74) is 1.23. The van der Waals surface area contributed by atoms with Crippen molar-refractivity contribution in [2.24, 2.45) is 0 Å². The van der Waals surface area contributed by atoms with Crippen LogP contribution in [0, 0.1) is 0 Å². The van der Waals surface area contributed by atoms with E-state index < -0.39 is 0 Å². The molecule has 0 saturated heterocycles. The Labute approximate surface area is 109 Å². The van der Waals surface area contributed by atoms with Crippen molar-refractivity contribution in [1.29, 1.82) is 0 Å². The third kappa shape index (κ3) is 7.04. The van der Waals surface area contributed by atoms with E-state index in [1.54, 1.807) is 0 Å². The topological polar surface area (TPSA) is 50.4 Å². The predicted molar refractivity (Wildman–Crippen MR) is 72.5 cm³/mol. The molecule has 1 rings (SSSR count). The Morgan fingerprint density at radius 1 is 1.22 bits per heavy atom. The summed E-state index contributed by atoms with van der Waals surface area (Å²) in [6.45, 7) is 5.11. The van der Waals surface area contributed by atoms with Gasteiger partial charge < -0.3 is 15.4 Å². The maximum absolute atomic E-state index is 11.4. The summed E-state index contributed by atoms with van der Waals surface area (Å²) in [4.78, 5) is 11.4. The minimum absolute atomic E-state index is 0.0547. The van der Waals surface area contributed by atoms with Gasteiger partial charge in [0.1, 0.15) is 6.61 Å². The van der Waals surface area contributed by atoms with Gasteiger partial charge in [0.15, 0.2) is 0 Å². The number of carbonyl (C=O) groups excluding carboxylic acids is 1. The number of nitrogens with one attached hydrogen (secondary N) is 2. The molecule has 0 aliphatic heterocycles. The lowest BCUT2D eigenvalue weighted by atomic mass is 10.2. The molecule has 0 fully saturated rings. The van der Waals surface area contributed by atoms with Gasteiger partial charge in [-0.15, -0.1) is 0 Å². The zero-order valence-electron chi connectivity index (χ0n) is 10.9. The van der Waals surface area contributed by atoms with Crippen molar-refractivity contribution >= 4 is 5.91 Å². The molecule has 1 aromatic carbocycles. The van der Waals surface area contributed by atoms with Crippen LogP contribution in [-0.4, -0.2) is 38.8 Å². The van der Waals surface area contributed by atoms with Crippen LogP contribution in [0.15, 0.2) is 30.3 Å². The summed E-state index contributed by atoms with van der Waals surface area (Å²) in [5, 5.41) is 5.93. The second-order valence-electron chi connectivity index (χ2n) is 3.99. The van der Waals surface area contributed by atoms with E-state index in [1.165, 1.54) is 5.56 Å². The number of ether oxygens (including phenoxy) is 1. The molecule has 0 atom stereocenters. The molecule has 100 valence electrons. The molecule has 18 heavy (non-hydrogen) atoms. The van der Waals surface area contributed by atoms with Gasteiger partial charge in [0, 0.05) is 13.1 Å². The van der Waals surface area contributed by atoms with E-state index in [-0.39, 0.29) is 12.5 Å². The zero-order chi connectivity index (χ0) is 13.1. The molecular formula is C14H22N2O2. The molecule has 0 radical (unpaired) electrons. The summed E-state index contributed by atoms with van der Waals surface area (Å²) in [6, 6.07) is 10.1. The molecule has 0 bridgehead atoms. The van der Waals surface area contributed by atoms with Gasteiger partial charge in [-0.2, -0.15) is 0 Å². The number of likely N-dealkylation sites (N-methyl/N-ethyl adjacent to an activating group) is 1. The van der Waals surface area contributed by atoms with Crippen LogP contribution in [0.3, 0.4) is 0 Å². The van der Waals surface area contributed by atoms with E-state index in [2.05, 4.69) is 22.8 Å². The maximum atomic E-state index is 11.4. The van der Waals surface area contributed by atoms with E-state index in [9.17, 15) is 4.79 Å². The first-order valence-electron chi connectivity index (χ1n) is 6.42.